The van der Waals surface area contributed by atoms with Crippen LogP contribution in [0.3, 0.4) is 0 Å². The lowest BCUT2D eigenvalue weighted by Gasteiger charge is -1.93. The largest absolute Gasteiger partial charge is 0.476 e. The molecule has 0 N–H and O–H groups in total. The van der Waals surface area contributed by atoms with Crippen LogP contribution in [0.4, 0.5) is 7.77 Å². The van der Waals surface area contributed by atoms with Gasteiger partial charge in [0.15, 0.2) is 5.75 Å². The van der Waals surface area contributed by atoms with Gasteiger partial charge in [-0.2, -0.15) is 8.42 Å². The highest BCUT2D eigenvalue weighted by Gasteiger charge is 1.97. The third-order valence-corrected chi connectivity index (χ3v) is 1.59. The Morgan fingerprint density at radius 2 is 1.65 bits per heavy atom. The van der Waals surface area contributed by atoms with Crippen molar-refractivity contribution >= 4 is 21.6 Å². The van der Waals surface area contributed by atoms with Crippen molar-refractivity contribution in [1.29, 1.82) is 0 Å². The fraction of sp³-hybridized carbons (Fsp3) is 0. The maximum atomic E-state index is 10.8. The molecular formula is C9H5F2O5S. The second-order valence-electron chi connectivity index (χ2n) is 2.83. The van der Waals surface area contributed by atoms with E-state index in [0.717, 1.165) is 0 Å². The van der Waals surface area contributed by atoms with Crippen LogP contribution in [0.2, 0.25) is 0 Å². The van der Waals surface area contributed by atoms with Crippen molar-refractivity contribution in [3.05, 3.63) is 40.8 Å². The molecule has 0 fully saturated rings. The Labute approximate surface area is 94.4 Å². The summed E-state index contributed by atoms with van der Waals surface area (Å²) in [4.78, 5) is 10.7. The molecule has 0 saturated carbocycles. The van der Waals surface area contributed by atoms with E-state index < -0.39 is 16.2 Å². The molecule has 8 heteroatoms. The van der Waals surface area contributed by atoms with E-state index in [2.05, 4.69) is 0 Å². The maximum absolute atomic E-state index is 10.8. The summed E-state index contributed by atoms with van der Waals surface area (Å²) in [6.07, 6.45) is 0. The Morgan fingerprint density at radius 1 is 1.06 bits per heavy atom. The van der Waals surface area contributed by atoms with Crippen LogP contribution in [0.15, 0.2) is 39.5 Å². The maximum Gasteiger partial charge on any atom is 0.476 e. The standard InChI is InChI=1S/C9H5O3.F2O2S/c10-7-2-3-8-6(5-7)1-4-9(11)12-8;1-5(2,3)4/h1-5H;. The molecular weight excluding hydrogens is 258 g/mol. The van der Waals surface area contributed by atoms with Gasteiger partial charge in [-0.25, -0.2) is 4.79 Å². The molecule has 2 aromatic rings. The zero-order valence-electron chi connectivity index (χ0n) is 8.09. The molecule has 2 rings (SSSR count). The predicted octanol–water partition coefficient (Wildman–Crippen LogP) is 2.11. The summed E-state index contributed by atoms with van der Waals surface area (Å²) in [6.45, 7) is 0. The van der Waals surface area contributed by atoms with E-state index in [-0.39, 0.29) is 5.75 Å². The minimum absolute atomic E-state index is 0.0867. The predicted molar refractivity (Wildman–Crippen MR) is 53.8 cm³/mol. The molecule has 0 atom stereocenters. The molecule has 1 heterocycles. The van der Waals surface area contributed by atoms with Crippen molar-refractivity contribution in [2.75, 3.05) is 0 Å². The average Bonchev–Trinajstić information content (AvgIpc) is 2.16. The van der Waals surface area contributed by atoms with Crippen LogP contribution in [0.5, 0.6) is 5.75 Å². The number of hydrogen-bond donors (Lipinski definition) is 0. The SMILES string of the molecule is O=S(=O)(F)F.[O]c1ccc2oc(=O)ccc2c1. The van der Waals surface area contributed by atoms with E-state index >= 15 is 0 Å². The van der Waals surface area contributed by atoms with Gasteiger partial charge in [0.2, 0.25) is 0 Å². The molecule has 5 nitrogen and oxygen atoms in total. The lowest BCUT2D eigenvalue weighted by molar-refractivity contribution is 0.355. The molecule has 0 aliphatic heterocycles. The molecule has 1 radical (unpaired) electrons. The fourth-order valence-corrected chi connectivity index (χ4v) is 1.05. The lowest BCUT2D eigenvalue weighted by Crippen LogP contribution is -1.93. The van der Waals surface area contributed by atoms with Crippen molar-refractivity contribution in [3.63, 3.8) is 0 Å². The van der Waals surface area contributed by atoms with Gasteiger partial charge in [0, 0.05) is 11.5 Å². The van der Waals surface area contributed by atoms with Gasteiger partial charge in [0.25, 0.3) is 0 Å². The molecule has 0 aliphatic carbocycles. The van der Waals surface area contributed by atoms with E-state index in [1.807, 2.05) is 0 Å². The zero-order chi connectivity index (χ0) is 13.1. The van der Waals surface area contributed by atoms with Crippen LogP contribution < -0.4 is 5.63 Å². The molecule has 0 unspecified atom stereocenters. The van der Waals surface area contributed by atoms with Crippen LogP contribution in [0.1, 0.15) is 0 Å². The minimum atomic E-state index is -5.67. The van der Waals surface area contributed by atoms with E-state index in [1.54, 1.807) is 6.07 Å². The molecule has 0 amide bonds. The number of hydrogen-bond acceptors (Lipinski definition) is 4. The molecule has 17 heavy (non-hydrogen) atoms. The van der Waals surface area contributed by atoms with Crippen LogP contribution >= 0.6 is 0 Å². The summed E-state index contributed by atoms with van der Waals surface area (Å²) in [5.74, 6) is -0.0867. The van der Waals surface area contributed by atoms with Crippen molar-refractivity contribution in [2.45, 2.75) is 0 Å². The van der Waals surface area contributed by atoms with E-state index in [0.29, 0.717) is 11.0 Å². The van der Waals surface area contributed by atoms with Gasteiger partial charge in [0.05, 0.1) is 0 Å². The summed E-state index contributed by atoms with van der Waals surface area (Å²) < 4.78 is 41.4. The Hall–Kier alpha value is -1.96. The van der Waals surface area contributed by atoms with Gasteiger partial charge < -0.3 is 4.42 Å². The van der Waals surface area contributed by atoms with E-state index in [4.69, 9.17) is 12.8 Å². The number of benzene rings is 1. The summed E-state index contributed by atoms with van der Waals surface area (Å²) in [7, 11) is -5.67. The smallest absolute Gasteiger partial charge is 0.423 e. The Balaban J connectivity index is 0.000000249. The molecule has 0 saturated heterocycles. The third-order valence-electron chi connectivity index (χ3n) is 1.59. The van der Waals surface area contributed by atoms with E-state index in [9.17, 15) is 17.7 Å². The zero-order valence-corrected chi connectivity index (χ0v) is 8.91. The average molecular weight is 263 g/mol. The van der Waals surface area contributed by atoms with Crippen LogP contribution in [-0.2, 0) is 15.7 Å². The van der Waals surface area contributed by atoms with Crippen molar-refractivity contribution in [2.24, 2.45) is 0 Å². The van der Waals surface area contributed by atoms with Crippen molar-refractivity contribution in [3.8, 4) is 5.75 Å². The van der Waals surface area contributed by atoms with E-state index in [1.165, 1.54) is 24.3 Å². The second-order valence-corrected chi connectivity index (χ2v) is 3.59. The monoisotopic (exact) mass is 263 g/mol. The molecule has 0 aliphatic rings. The quantitative estimate of drug-likeness (QED) is 0.538. The fourth-order valence-electron chi connectivity index (χ4n) is 1.05. The molecule has 0 spiro atoms. The molecule has 1 aromatic heterocycles. The number of halogens is 2. The highest BCUT2D eigenvalue weighted by molar-refractivity contribution is 7.81. The van der Waals surface area contributed by atoms with Crippen molar-refractivity contribution in [1.82, 2.24) is 0 Å². The second kappa shape index (κ2) is 4.91. The van der Waals surface area contributed by atoms with Gasteiger partial charge in [-0.1, -0.05) is 7.77 Å². The minimum Gasteiger partial charge on any atom is -0.423 e. The van der Waals surface area contributed by atoms with Gasteiger partial charge in [-0.3, -0.25) is 5.11 Å². The topological polar surface area (TPSA) is 84.2 Å². The van der Waals surface area contributed by atoms with Gasteiger partial charge >= 0.3 is 16.2 Å². The summed E-state index contributed by atoms with van der Waals surface area (Å²) >= 11 is 0. The Bertz CT molecular complexity index is 669. The van der Waals surface area contributed by atoms with Gasteiger partial charge in [0.1, 0.15) is 5.58 Å². The summed E-state index contributed by atoms with van der Waals surface area (Å²) in [5, 5.41) is 11.5. The van der Waals surface area contributed by atoms with Crippen molar-refractivity contribution < 1.29 is 25.7 Å². The summed E-state index contributed by atoms with van der Waals surface area (Å²) in [5.41, 5.74) is 0.0447. The van der Waals surface area contributed by atoms with Gasteiger partial charge in [-0.15, -0.1) is 0 Å². The van der Waals surface area contributed by atoms with Crippen LogP contribution in [0.25, 0.3) is 11.0 Å². The van der Waals surface area contributed by atoms with Gasteiger partial charge in [-0.05, 0) is 24.3 Å². The highest BCUT2D eigenvalue weighted by atomic mass is 32.3. The Kier molecular flexibility index (Phi) is 3.79. The van der Waals surface area contributed by atoms with Crippen LogP contribution in [-0.4, -0.2) is 8.42 Å². The Morgan fingerprint density at radius 3 is 2.24 bits per heavy atom. The highest BCUT2D eigenvalue weighted by Crippen LogP contribution is 2.17. The number of fused-ring (bicyclic) bond motifs is 1. The molecule has 0 bridgehead atoms. The third kappa shape index (κ3) is 5.07. The van der Waals surface area contributed by atoms with Crippen LogP contribution in [0, 0.1) is 0 Å². The number of rotatable bonds is 0. The first-order chi connectivity index (χ1) is 7.75. The first kappa shape index (κ1) is 13.1. The summed E-state index contributed by atoms with van der Waals surface area (Å²) in [6, 6.07) is 7.16. The molecule has 91 valence electrons. The first-order valence-electron chi connectivity index (χ1n) is 4.11. The molecule has 1 aromatic carbocycles. The normalized spacial score (nSPS) is 10.7. The lowest BCUT2D eigenvalue weighted by atomic mass is 10.2. The first-order valence-corrected chi connectivity index (χ1v) is 5.39.